The number of aliphatic hydroxyl groups is 1. The third kappa shape index (κ3) is 3.06. The normalized spacial score (nSPS) is 50.1. The van der Waals surface area contributed by atoms with Gasteiger partial charge in [-0.3, -0.25) is 4.90 Å². The van der Waals surface area contributed by atoms with Gasteiger partial charge >= 0.3 is 5.97 Å². The molecule has 5 saturated carbocycles. The van der Waals surface area contributed by atoms with E-state index >= 15 is 0 Å². The maximum absolute atomic E-state index is 13.5. The molecule has 13 atom stereocenters. The van der Waals surface area contributed by atoms with E-state index in [2.05, 4.69) is 11.8 Å². The predicted octanol–water partition coefficient (Wildman–Crippen LogP) is 3.02. The molecule has 8 nitrogen and oxygen atoms in total. The Morgan fingerprint density at radius 3 is 2.48 bits per heavy atom. The standard InChI is InChI=1S/C32H45NO7/c1-6-33-16-30(17-36-2)13-12-23(37-3)31-20-14-19-25(40-29(35)18-10-8-7-9-11-18)24(20)32(39-5,28(34)26(19)38-4)21(27(31)33)15-22(30)31/h7-11,19-28,34H,6,12-17H2,1-5H3/t19-,20+,21-,22+,23-,24+,25-,26+,27-,28-,30-,31+,32-/m0/s1. The molecular formula is C32H45NO7. The molecular weight excluding hydrogens is 510 g/mol. The van der Waals surface area contributed by atoms with Crippen molar-refractivity contribution >= 4 is 5.97 Å². The number of methoxy groups -OCH3 is 4. The first-order chi connectivity index (χ1) is 19.4. The monoisotopic (exact) mass is 555 g/mol. The molecule has 1 spiro atoms. The van der Waals surface area contributed by atoms with Crippen molar-refractivity contribution in [3.63, 3.8) is 0 Å². The quantitative estimate of drug-likeness (QED) is 0.490. The number of likely N-dealkylation sites (tertiary alicyclic amines) is 1. The molecule has 0 radical (unpaired) electrons. The summed E-state index contributed by atoms with van der Waals surface area (Å²) < 4.78 is 31.7. The van der Waals surface area contributed by atoms with E-state index in [4.69, 9.17) is 23.7 Å². The second-order valence-corrected chi connectivity index (χ2v) is 13.4. The van der Waals surface area contributed by atoms with Gasteiger partial charge in [0.2, 0.25) is 0 Å². The van der Waals surface area contributed by atoms with Crippen LogP contribution in [0.1, 0.15) is 43.0 Å². The fourth-order valence-corrected chi connectivity index (χ4v) is 12.0. The molecule has 1 saturated heterocycles. The molecule has 7 rings (SSSR count). The van der Waals surface area contributed by atoms with Gasteiger partial charge in [0.1, 0.15) is 17.8 Å². The minimum atomic E-state index is -0.887. The maximum atomic E-state index is 13.5. The van der Waals surface area contributed by atoms with Crippen LogP contribution in [-0.4, -0.2) is 100 Å². The number of ether oxygens (including phenoxy) is 5. The smallest absolute Gasteiger partial charge is 0.338 e. The molecule has 40 heavy (non-hydrogen) atoms. The van der Waals surface area contributed by atoms with E-state index in [0.29, 0.717) is 11.5 Å². The van der Waals surface area contributed by atoms with Crippen LogP contribution in [0.25, 0.3) is 0 Å². The highest BCUT2D eigenvalue weighted by Crippen LogP contribution is 2.79. The Balaban J connectivity index is 1.42. The van der Waals surface area contributed by atoms with Crippen molar-refractivity contribution in [1.82, 2.24) is 4.90 Å². The highest BCUT2D eigenvalue weighted by atomic mass is 16.6. The average Bonchev–Trinajstić information content (AvgIpc) is 3.41. The number of piperidine rings is 1. The van der Waals surface area contributed by atoms with Crippen molar-refractivity contribution in [2.75, 3.05) is 48.1 Å². The second-order valence-electron chi connectivity index (χ2n) is 13.4. The molecule has 5 aliphatic carbocycles. The molecule has 1 aliphatic heterocycles. The third-order valence-corrected chi connectivity index (χ3v) is 12.8. The Kier molecular flexibility index (Phi) is 6.47. The number of carbonyl (C=O) groups excluding carboxylic acids is 1. The lowest BCUT2D eigenvalue weighted by Crippen LogP contribution is -2.79. The summed E-state index contributed by atoms with van der Waals surface area (Å²) in [6, 6.07) is 9.44. The van der Waals surface area contributed by atoms with Crippen LogP contribution < -0.4 is 0 Å². The lowest BCUT2D eigenvalue weighted by atomic mass is 9.43. The molecule has 1 aromatic rings. The van der Waals surface area contributed by atoms with E-state index in [1.807, 2.05) is 32.4 Å². The van der Waals surface area contributed by atoms with Crippen LogP contribution in [-0.2, 0) is 23.7 Å². The van der Waals surface area contributed by atoms with Gasteiger partial charge in [0, 0.05) is 69.6 Å². The second kappa shape index (κ2) is 9.48. The van der Waals surface area contributed by atoms with Crippen molar-refractivity contribution in [3.05, 3.63) is 35.9 Å². The van der Waals surface area contributed by atoms with Crippen LogP contribution >= 0.6 is 0 Å². The Labute approximate surface area is 237 Å². The van der Waals surface area contributed by atoms with Gasteiger partial charge in [0.25, 0.3) is 0 Å². The van der Waals surface area contributed by atoms with Crippen LogP contribution in [0.5, 0.6) is 0 Å². The van der Waals surface area contributed by atoms with Crippen molar-refractivity contribution in [2.45, 2.75) is 68.7 Å². The number of hydrogen-bond acceptors (Lipinski definition) is 8. The molecule has 220 valence electrons. The van der Waals surface area contributed by atoms with Gasteiger partial charge < -0.3 is 28.8 Å². The van der Waals surface area contributed by atoms with Gasteiger partial charge in [0.15, 0.2) is 0 Å². The molecule has 6 fully saturated rings. The van der Waals surface area contributed by atoms with Gasteiger partial charge in [-0.25, -0.2) is 4.79 Å². The summed E-state index contributed by atoms with van der Waals surface area (Å²) in [6.45, 7) is 4.90. The highest BCUT2D eigenvalue weighted by molar-refractivity contribution is 5.89. The zero-order valence-electron chi connectivity index (χ0n) is 24.5. The first-order valence-electron chi connectivity index (χ1n) is 15.2. The summed E-state index contributed by atoms with van der Waals surface area (Å²) in [5, 5.41) is 12.2. The minimum Gasteiger partial charge on any atom is -0.458 e. The first kappa shape index (κ1) is 27.3. The maximum Gasteiger partial charge on any atom is 0.338 e. The molecule has 0 unspecified atom stereocenters. The fraction of sp³-hybridized carbons (Fsp3) is 0.781. The largest absolute Gasteiger partial charge is 0.458 e. The Hall–Kier alpha value is -1.55. The van der Waals surface area contributed by atoms with Crippen LogP contribution in [0.3, 0.4) is 0 Å². The van der Waals surface area contributed by atoms with E-state index in [0.717, 1.165) is 45.4 Å². The van der Waals surface area contributed by atoms with E-state index in [1.165, 1.54) is 0 Å². The summed E-state index contributed by atoms with van der Waals surface area (Å²) in [6.07, 6.45) is 2.22. The number of nitrogens with zero attached hydrogens (tertiary/aromatic N) is 1. The Morgan fingerprint density at radius 2 is 1.82 bits per heavy atom. The molecule has 6 aliphatic rings. The highest BCUT2D eigenvalue weighted by Gasteiger charge is 2.86. The van der Waals surface area contributed by atoms with Gasteiger partial charge in [-0.1, -0.05) is 25.1 Å². The zero-order chi connectivity index (χ0) is 28.0. The predicted molar refractivity (Wildman–Crippen MR) is 147 cm³/mol. The fourth-order valence-electron chi connectivity index (χ4n) is 12.0. The molecule has 7 bridgehead atoms. The topological polar surface area (TPSA) is 86.7 Å². The Morgan fingerprint density at radius 1 is 1.05 bits per heavy atom. The van der Waals surface area contributed by atoms with E-state index < -0.39 is 23.9 Å². The summed E-state index contributed by atoms with van der Waals surface area (Å²) in [5.41, 5.74) is -0.452. The van der Waals surface area contributed by atoms with Crippen LogP contribution in [0.4, 0.5) is 0 Å². The molecule has 0 amide bonds. The number of carbonyl (C=O) groups is 1. The van der Waals surface area contributed by atoms with Crippen molar-refractivity contribution in [3.8, 4) is 0 Å². The molecule has 1 aromatic carbocycles. The lowest BCUT2D eigenvalue weighted by Gasteiger charge is -2.70. The Bertz CT molecular complexity index is 1130. The first-order valence-corrected chi connectivity index (χ1v) is 15.2. The number of esters is 1. The summed E-state index contributed by atoms with van der Waals surface area (Å²) >= 11 is 0. The summed E-state index contributed by atoms with van der Waals surface area (Å²) in [5.74, 6) is 0.0194. The average molecular weight is 556 g/mol. The van der Waals surface area contributed by atoms with E-state index in [-0.39, 0.29) is 52.6 Å². The molecule has 0 aromatic heterocycles. The van der Waals surface area contributed by atoms with Gasteiger partial charge in [-0.2, -0.15) is 0 Å². The van der Waals surface area contributed by atoms with E-state index in [9.17, 15) is 9.90 Å². The van der Waals surface area contributed by atoms with Crippen LogP contribution in [0.2, 0.25) is 0 Å². The van der Waals surface area contributed by atoms with Crippen molar-refractivity contribution < 1.29 is 33.6 Å². The molecule has 1 heterocycles. The summed E-state index contributed by atoms with van der Waals surface area (Å²) in [4.78, 5) is 16.2. The molecule has 8 heteroatoms. The minimum absolute atomic E-state index is 0.0263. The van der Waals surface area contributed by atoms with Gasteiger partial charge in [-0.15, -0.1) is 0 Å². The number of aliphatic hydroxyl groups excluding tert-OH is 1. The number of rotatable bonds is 8. The zero-order valence-corrected chi connectivity index (χ0v) is 24.5. The third-order valence-electron chi connectivity index (χ3n) is 12.8. The van der Waals surface area contributed by atoms with Crippen molar-refractivity contribution in [2.24, 2.45) is 40.4 Å². The SMILES string of the molecule is CCN1C[C@]2(COC)CC[C@H](OC)[C@@]34[C@@H]5C[C@@H]6[C@@H](OC)[C@H](O)[C@@](OC)([C@H]5[C@H]6OC(=O)c5ccccc5)[C@@H](C[C@H]23)[C@H]14. The van der Waals surface area contributed by atoms with Gasteiger partial charge in [0.05, 0.1) is 24.4 Å². The number of benzene rings is 1. The van der Waals surface area contributed by atoms with E-state index in [1.54, 1.807) is 26.4 Å². The van der Waals surface area contributed by atoms with Crippen molar-refractivity contribution in [1.29, 1.82) is 0 Å². The van der Waals surface area contributed by atoms with Crippen LogP contribution in [0.15, 0.2) is 30.3 Å². The molecule has 1 N–H and O–H groups in total. The van der Waals surface area contributed by atoms with Gasteiger partial charge in [-0.05, 0) is 56.2 Å². The van der Waals surface area contributed by atoms with Crippen LogP contribution in [0, 0.1) is 40.4 Å². The number of hydrogen-bond donors (Lipinski definition) is 1. The summed E-state index contributed by atoms with van der Waals surface area (Å²) in [7, 11) is 7.13. The number of fused-ring (bicyclic) bond motifs is 2. The lowest BCUT2D eigenvalue weighted by molar-refractivity contribution is -0.305.